The summed E-state index contributed by atoms with van der Waals surface area (Å²) in [4.78, 5) is 47.8. The third-order valence-electron chi connectivity index (χ3n) is 3.83. The van der Waals surface area contributed by atoms with E-state index in [1.54, 1.807) is 13.8 Å². The molecule has 3 amide bonds. The van der Waals surface area contributed by atoms with E-state index < -0.39 is 54.5 Å². The zero-order valence-corrected chi connectivity index (χ0v) is 17.9. The Morgan fingerprint density at radius 1 is 1.04 bits per heavy atom. The van der Waals surface area contributed by atoms with Gasteiger partial charge in [-0.2, -0.15) is 24.4 Å². The topological polar surface area (TPSA) is 171 Å². The SMILES string of the molecule is CSCCC(N)C(=O)NC(CO)C(=O)NC(CS)C(=O)NC(C(=O)O)C(C)C. The fourth-order valence-electron chi connectivity index (χ4n) is 2.08. The largest absolute Gasteiger partial charge is 0.480 e. The van der Waals surface area contributed by atoms with E-state index in [0.29, 0.717) is 12.2 Å². The van der Waals surface area contributed by atoms with Crippen LogP contribution in [0.2, 0.25) is 0 Å². The second-order valence-corrected chi connectivity index (χ2v) is 7.79. The molecular formula is C16H30N4O6S2. The molecule has 0 radical (unpaired) electrons. The number of carboxylic acid groups (broad SMARTS) is 1. The molecule has 0 aromatic carbocycles. The van der Waals surface area contributed by atoms with Crippen molar-refractivity contribution >= 4 is 48.1 Å². The molecule has 7 N–H and O–H groups in total. The van der Waals surface area contributed by atoms with Crippen LogP contribution in [0.1, 0.15) is 20.3 Å². The molecule has 0 saturated heterocycles. The van der Waals surface area contributed by atoms with Crippen LogP contribution in [0.5, 0.6) is 0 Å². The maximum absolute atomic E-state index is 12.3. The highest BCUT2D eigenvalue weighted by molar-refractivity contribution is 7.98. The van der Waals surface area contributed by atoms with Gasteiger partial charge in [0.25, 0.3) is 0 Å². The Balaban J connectivity index is 4.92. The maximum atomic E-state index is 12.3. The standard InChI is InChI=1S/C16H30N4O6S2/c1-8(2)12(16(25)26)20-15(24)11(7-27)19-14(23)10(6-21)18-13(22)9(17)4-5-28-3/h8-12,21,27H,4-7,17H2,1-3H3,(H,18,22)(H,19,23)(H,20,24)(H,25,26). The van der Waals surface area contributed by atoms with Crippen LogP contribution in [-0.2, 0) is 19.2 Å². The molecule has 0 aromatic rings. The normalized spacial score (nSPS) is 15.2. The Morgan fingerprint density at radius 2 is 1.57 bits per heavy atom. The summed E-state index contributed by atoms with van der Waals surface area (Å²) in [6, 6.07) is -4.41. The lowest BCUT2D eigenvalue weighted by Crippen LogP contribution is -2.59. The van der Waals surface area contributed by atoms with E-state index in [0.717, 1.165) is 0 Å². The van der Waals surface area contributed by atoms with Crippen molar-refractivity contribution in [2.75, 3.05) is 24.4 Å². The fraction of sp³-hybridized carbons (Fsp3) is 0.750. The summed E-state index contributed by atoms with van der Waals surface area (Å²) in [5.41, 5.74) is 5.72. The van der Waals surface area contributed by atoms with Gasteiger partial charge in [-0.15, -0.1) is 0 Å². The molecule has 0 aromatic heterocycles. The maximum Gasteiger partial charge on any atom is 0.326 e. The molecule has 162 valence electrons. The van der Waals surface area contributed by atoms with E-state index in [2.05, 4.69) is 28.6 Å². The third-order valence-corrected chi connectivity index (χ3v) is 4.84. The number of carboxylic acids is 1. The first-order valence-corrected chi connectivity index (χ1v) is 10.7. The summed E-state index contributed by atoms with van der Waals surface area (Å²) in [6.07, 6.45) is 2.27. The van der Waals surface area contributed by atoms with Crippen molar-refractivity contribution in [1.82, 2.24) is 16.0 Å². The van der Waals surface area contributed by atoms with Gasteiger partial charge >= 0.3 is 5.97 Å². The van der Waals surface area contributed by atoms with Gasteiger partial charge in [-0.25, -0.2) is 4.79 Å². The number of amides is 3. The number of rotatable bonds is 13. The van der Waals surface area contributed by atoms with E-state index >= 15 is 0 Å². The molecular weight excluding hydrogens is 408 g/mol. The lowest BCUT2D eigenvalue weighted by atomic mass is 10.0. The average Bonchev–Trinajstić information content (AvgIpc) is 2.64. The highest BCUT2D eigenvalue weighted by atomic mass is 32.2. The molecule has 28 heavy (non-hydrogen) atoms. The number of thioether (sulfide) groups is 1. The lowest BCUT2D eigenvalue weighted by Gasteiger charge is -2.24. The molecule has 0 heterocycles. The molecule has 12 heteroatoms. The number of hydrogen-bond acceptors (Lipinski definition) is 8. The molecule has 4 unspecified atom stereocenters. The molecule has 0 spiro atoms. The van der Waals surface area contributed by atoms with Crippen molar-refractivity contribution in [2.24, 2.45) is 11.7 Å². The van der Waals surface area contributed by atoms with Crippen molar-refractivity contribution < 1.29 is 29.4 Å². The second-order valence-electron chi connectivity index (χ2n) is 6.44. The van der Waals surface area contributed by atoms with Crippen LogP contribution in [0.25, 0.3) is 0 Å². The van der Waals surface area contributed by atoms with Gasteiger partial charge in [-0.3, -0.25) is 14.4 Å². The number of carbonyl (C=O) groups excluding carboxylic acids is 3. The van der Waals surface area contributed by atoms with Gasteiger partial charge in [-0.05, 0) is 24.3 Å². The fourth-order valence-corrected chi connectivity index (χ4v) is 2.83. The number of aliphatic hydroxyl groups is 1. The highest BCUT2D eigenvalue weighted by Gasteiger charge is 2.30. The molecule has 0 rings (SSSR count). The van der Waals surface area contributed by atoms with Gasteiger partial charge < -0.3 is 31.9 Å². The van der Waals surface area contributed by atoms with Crippen molar-refractivity contribution in [3.8, 4) is 0 Å². The number of nitrogens with one attached hydrogen (secondary N) is 3. The predicted octanol–water partition coefficient (Wildman–Crippen LogP) is -1.82. The number of aliphatic carboxylic acids is 1. The van der Waals surface area contributed by atoms with Crippen molar-refractivity contribution in [3.63, 3.8) is 0 Å². The average molecular weight is 439 g/mol. The van der Waals surface area contributed by atoms with E-state index in [9.17, 15) is 24.3 Å². The van der Waals surface area contributed by atoms with Crippen LogP contribution < -0.4 is 21.7 Å². The van der Waals surface area contributed by atoms with Crippen LogP contribution in [0, 0.1) is 5.92 Å². The summed E-state index contributed by atoms with van der Waals surface area (Å²) >= 11 is 5.52. The summed E-state index contributed by atoms with van der Waals surface area (Å²) in [5.74, 6) is -3.16. The Labute approximate surface area is 174 Å². The zero-order chi connectivity index (χ0) is 21.9. The Hall–Kier alpha value is -1.50. The van der Waals surface area contributed by atoms with E-state index in [4.69, 9.17) is 10.8 Å². The van der Waals surface area contributed by atoms with Crippen molar-refractivity contribution in [1.29, 1.82) is 0 Å². The molecule has 0 fully saturated rings. The predicted molar refractivity (Wildman–Crippen MR) is 110 cm³/mol. The minimum atomic E-state index is -1.30. The molecule has 0 bridgehead atoms. The van der Waals surface area contributed by atoms with Gasteiger partial charge in [0, 0.05) is 5.75 Å². The molecule has 0 aliphatic heterocycles. The lowest BCUT2D eigenvalue weighted by molar-refractivity contribution is -0.143. The summed E-state index contributed by atoms with van der Waals surface area (Å²) < 4.78 is 0. The van der Waals surface area contributed by atoms with E-state index in [-0.39, 0.29) is 11.7 Å². The van der Waals surface area contributed by atoms with Gasteiger partial charge in [0.2, 0.25) is 17.7 Å². The smallest absolute Gasteiger partial charge is 0.326 e. The Bertz CT molecular complexity index is 549. The molecule has 0 aliphatic carbocycles. The molecule has 10 nitrogen and oxygen atoms in total. The highest BCUT2D eigenvalue weighted by Crippen LogP contribution is 2.03. The van der Waals surface area contributed by atoms with Crippen LogP contribution in [0.4, 0.5) is 0 Å². The van der Waals surface area contributed by atoms with Crippen LogP contribution in [-0.4, -0.2) is 82.4 Å². The summed E-state index contributed by atoms with van der Waals surface area (Å²) in [5, 5.41) is 25.6. The van der Waals surface area contributed by atoms with Gasteiger partial charge in [0.15, 0.2) is 0 Å². The first-order chi connectivity index (χ1) is 13.1. The number of nitrogens with two attached hydrogens (primary N) is 1. The number of aliphatic hydroxyl groups excluding tert-OH is 1. The second kappa shape index (κ2) is 13.6. The van der Waals surface area contributed by atoms with Crippen LogP contribution in [0.15, 0.2) is 0 Å². The zero-order valence-electron chi connectivity index (χ0n) is 16.2. The van der Waals surface area contributed by atoms with Crippen molar-refractivity contribution in [3.05, 3.63) is 0 Å². The van der Waals surface area contributed by atoms with Crippen molar-refractivity contribution in [2.45, 2.75) is 44.4 Å². The Kier molecular flexibility index (Phi) is 12.9. The minimum Gasteiger partial charge on any atom is -0.480 e. The minimum absolute atomic E-state index is 0.110. The first kappa shape index (κ1) is 26.5. The molecule has 4 atom stereocenters. The van der Waals surface area contributed by atoms with Crippen LogP contribution >= 0.6 is 24.4 Å². The summed E-state index contributed by atoms with van der Waals surface area (Å²) in [6.45, 7) is 2.56. The van der Waals surface area contributed by atoms with E-state index in [1.807, 2.05) is 6.26 Å². The monoisotopic (exact) mass is 438 g/mol. The molecule has 0 saturated carbocycles. The van der Waals surface area contributed by atoms with Gasteiger partial charge in [0.05, 0.1) is 12.6 Å². The Morgan fingerprint density at radius 3 is 2.00 bits per heavy atom. The quantitative estimate of drug-likeness (QED) is 0.165. The number of carbonyl (C=O) groups is 4. The van der Waals surface area contributed by atoms with E-state index in [1.165, 1.54) is 11.8 Å². The molecule has 0 aliphatic rings. The number of hydrogen-bond donors (Lipinski definition) is 7. The first-order valence-electron chi connectivity index (χ1n) is 8.69. The van der Waals surface area contributed by atoms with Gasteiger partial charge in [0.1, 0.15) is 18.1 Å². The number of thiol groups is 1. The summed E-state index contributed by atoms with van der Waals surface area (Å²) in [7, 11) is 0. The van der Waals surface area contributed by atoms with Crippen LogP contribution in [0.3, 0.4) is 0 Å². The third kappa shape index (κ3) is 9.13. The van der Waals surface area contributed by atoms with Gasteiger partial charge in [-0.1, -0.05) is 13.8 Å².